The minimum atomic E-state index is -0.893. The predicted molar refractivity (Wildman–Crippen MR) is 84.3 cm³/mol. The maximum absolute atomic E-state index is 11.3. The standard InChI is InChI=1S/C18H20O3/c1-10-6-11(2)16(18(19)20)9-15(10)14-7-12(3)17(21-5)13(4)8-14/h6-9H,1-5H3,(H,19,20). The third-order valence-corrected chi connectivity index (χ3v) is 3.78. The Balaban J connectivity index is 2.67. The van der Waals surface area contributed by atoms with E-state index in [1.165, 1.54) is 0 Å². The lowest BCUT2D eigenvalue weighted by atomic mass is 9.93. The van der Waals surface area contributed by atoms with Crippen molar-refractivity contribution in [3.63, 3.8) is 0 Å². The van der Waals surface area contributed by atoms with Crippen LogP contribution in [0.1, 0.15) is 32.6 Å². The molecular formula is C18H20O3. The zero-order valence-corrected chi connectivity index (χ0v) is 13.1. The monoisotopic (exact) mass is 284 g/mol. The summed E-state index contributed by atoms with van der Waals surface area (Å²) in [5.41, 5.74) is 6.26. The Morgan fingerprint density at radius 2 is 1.48 bits per heavy atom. The molecule has 3 heteroatoms. The quantitative estimate of drug-likeness (QED) is 0.914. The molecule has 0 aliphatic heterocycles. The predicted octanol–water partition coefficient (Wildman–Crippen LogP) is 4.29. The molecule has 3 nitrogen and oxygen atoms in total. The summed E-state index contributed by atoms with van der Waals surface area (Å²) in [6, 6.07) is 7.76. The van der Waals surface area contributed by atoms with Crippen molar-refractivity contribution in [2.75, 3.05) is 7.11 Å². The molecule has 0 aliphatic rings. The first-order valence-corrected chi connectivity index (χ1v) is 6.85. The summed E-state index contributed by atoms with van der Waals surface area (Å²) in [4.78, 5) is 11.3. The maximum Gasteiger partial charge on any atom is 0.335 e. The summed E-state index contributed by atoms with van der Waals surface area (Å²) in [6.07, 6.45) is 0. The molecule has 0 spiro atoms. The van der Waals surface area contributed by atoms with Crippen LogP contribution >= 0.6 is 0 Å². The fourth-order valence-corrected chi connectivity index (χ4v) is 2.82. The van der Waals surface area contributed by atoms with E-state index in [0.29, 0.717) is 5.56 Å². The number of carboxylic acid groups (broad SMARTS) is 1. The zero-order valence-electron chi connectivity index (χ0n) is 13.1. The van der Waals surface area contributed by atoms with Crippen molar-refractivity contribution in [1.29, 1.82) is 0 Å². The van der Waals surface area contributed by atoms with Crippen molar-refractivity contribution in [2.45, 2.75) is 27.7 Å². The minimum absolute atomic E-state index is 0.349. The topological polar surface area (TPSA) is 46.5 Å². The van der Waals surface area contributed by atoms with E-state index in [-0.39, 0.29) is 0 Å². The Bertz CT molecular complexity index is 692. The van der Waals surface area contributed by atoms with Gasteiger partial charge >= 0.3 is 5.97 Å². The number of carboxylic acids is 1. The average Bonchev–Trinajstić information content (AvgIpc) is 2.37. The highest BCUT2D eigenvalue weighted by molar-refractivity contribution is 5.91. The lowest BCUT2D eigenvalue weighted by Crippen LogP contribution is -2.01. The molecule has 2 aromatic carbocycles. The largest absolute Gasteiger partial charge is 0.496 e. The molecule has 0 bridgehead atoms. The Labute approximate surface area is 125 Å². The molecule has 0 fully saturated rings. The number of ether oxygens (including phenoxy) is 1. The summed E-state index contributed by atoms with van der Waals surface area (Å²) < 4.78 is 5.38. The van der Waals surface area contributed by atoms with Gasteiger partial charge in [0.2, 0.25) is 0 Å². The van der Waals surface area contributed by atoms with Crippen LogP contribution < -0.4 is 4.74 Å². The average molecular weight is 284 g/mol. The molecule has 0 atom stereocenters. The van der Waals surface area contributed by atoms with Gasteiger partial charge in [-0.3, -0.25) is 0 Å². The fourth-order valence-electron chi connectivity index (χ4n) is 2.82. The van der Waals surface area contributed by atoms with Crippen LogP contribution in [-0.4, -0.2) is 18.2 Å². The molecule has 1 N–H and O–H groups in total. The maximum atomic E-state index is 11.3. The molecule has 0 heterocycles. The van der Waals surface area contributed by atoms with Crippen LogP contribution in [0.25, 0.3) is 11.1 Å². The summed E-state index contributed by atoms with van der Waals surface area (Å²) in [5, 5.41) is 9.30. The van der Waals surface area contributed by atoms with Crippen LogP contribution in [0.5, 0.6) is 5.75 Å². The van der Waals surface area contributed by atoms with Crippen LogP contribution in [0.2, 0.25) is 0 Å². The number of aryl methyl sites for hydroxylation is 4. The Morgan fingerprint density at radius 3 is 1.95 bits per heavy atom. The lowest BCUT2D eigenvalue weighted by Gasteiger charge is -2.14. The highest BCUT2D eigenvalue weighted by Gasteiger charge is 2.13. The van der Waals surface area contributed by atoms with Gasteiger partial charge in [0.05, 0.1) is 12.7 Å². The number of hydrogen-bond acceptors (Lipinski definition) is 2. The second-order valence-corrected chi connectivity index (χ2v) is 5.43. The number of carbonyl (C=O) groups is 1. The Kier molecular flexibility index (Phi) is 4.03. The van der Waals surface area contributed by atoms with Crippen molar-refractivity contribution >= 4 is 5.97 Å². The van der Waals surface area contributed by atoms with Gasteiger partial charge in [-0.15, -0.1) is 0 Å². The SMILES string of the molecule is COc1c(C)cc(-c2cc(C(=O)O)c(C)cc2C)cc1C. The number of aromatic carboxylic acids is 1. The van der Waals surface area contributed by atoms with E-state index in [0.717, 1.165) is 39.1 Å². The third kappa shape index (κ3) is 2.77. The molecule has 0 unspecified atom stereocenters. The van der Waals surface area contributed by atoms with Gasteiger partial charge in [-0.25, -0.2) is 4.79 Å². The van der Waals surface area contributed by atoms with Crippen LogP contribution in [0.3, 0.4) is 0 Å². The summed E-state index contributed by atoms with van der Waals surface area (Å²) >= 11 is 0. The number of methoxy groups -OCH3 is 1. The fraction of sp³-hybridized carbons (Fsp3) is 0.278. The lowest BCUT2D eigenvalue weighted by molar-refractivity contribution is 0.0696. The first-order chi connectivity index (χ1) is 9.85. The van der Waals surface area contributed by atoms with Gasteiger partial charge in [0.1, 0.15) is 5.75 Å². The zero-order chi connectivity index (χ0) is 15.7. The van der Waals surface area contributed by atoms with E-state index in [2.05, 4.69) is 0 Å². The van der Waals surface area contributed by atoms with E-state index in [9.17, 15) is 9.90 Å². The molecule has 0 amide bonds. The molecular weight excluding hydrogens is 264 g/mol. The molecule has 2 aromatic rings. The van der Waals surface area contributed by atoms with Crippen LogP contribution in [-0.2, 0) is 0 Å². The van der Waals surface area contributed by atoms with E-state index >= 15 is 0 Å². The van der Waals surface area contributed by atoms with Crippen LogP contribution in [0, 0.1) is 27.7 Å². The number of hydrogen-bond donors (Lipinski definition) is 1. The minimum Gasteiger partial charge on any atom is -0.496 e. The first kappa shape index (κ1) is 15.1. The second kappa shape index (κ2) is 5.60. The summed E-state index contributed by atoms with van der Waals surface area (Å²) in [5.74, 6) is -0.0160. The van der Waals surface area contributed by atoms with Gasteiger partial charge in [-0.2, -0.15) is 0 Å². The smallest absolute Gasteiger partial charge is 0.335 e. The number of rotatable bonds is 3. The van der Waals surface area contributed by atoms with E-state index < -0.39 is 5.97 Å². The van der Waals surface area contributed by atoms with Crippen LogP contribution in [0.4, 0.5) is 0 Å². The van der Waals surface area contributed by atoms with Gasteiger partial charge in [0, 0.05) is 0 Å². The third-order valence-electron chi connectivity index (χ3n) is 3.78. The van der Waals surface area contributed by atoms with Crippen molar-refractivity contribution in [3.05, 3.63) is 52.1 Å². The first-order valence-electron chi connectivity index (χ1n) is 6.85. The molecule has 2 rings (SSSR count). The van der Waals surface area contributed by atoms with E-state index in [1.807, 2.05) is 45.9 Å². The molecule has 0 aliphatic carbocycles. The van der Waals surface area contributed by atoms with Gasteiger partial charge in [-0.05, 0) is 79.3 Å². The van der Waals surface area contributed by atoms with Gasteiger partial charge in [0.15, 0.2) is 0 Å². The molecule has 110 valence electrons. The molecule has 0 saturated heterocycles. The Hall–Kier alpha value is -2.29. The highest BCUT2D eigenvalue weighted by Crippen LogP contribution is 2.32. The highest BCUT2D eigenvalue weighted by atomic mass is 16.5. The number of benzene rings is 2. The van der Waals surface area contributed by atoms with Crippen molar-refractivity contribution < 1.29 is 14.6 Å². The van der Waals surface area contributed by atoms with Crippen molar-refractivity contribution in [1.82, 2.24) is 0 Å². The normalized spacial score (nSPS) is 10.5. The van der Waals surface area contributed by atoms with Crippen molar-refractivity contribution in [3.8, 4) is 16.9 Å². The summed E-state index contributed by atoms with van der Waals surface area (Å²) in [6.45, 7) is 7.82. The Morgan fingerprint density at radius 1 is 0.905 bits per heavy atom. The molecule has 0 saturated carbocycles. The van der Waals surface area contributed by atoms with Crippen LogP contribution in [0.15, 0.2) is 24.3 Å². The summed E-state index contributed by atoms with van der Waals surface area (Å²) in [7, 11) is 1.66. The van der Waals surface area contributed by atoms with Gasteiger partial charge in [0.25, 0.3) is 0 Å². The van der Waals surface area contributed by atoms with Gasteiger partial charge in [-0.1, -0.05) is 6.07 Å². The van der Waals surface area contributed by atoms with E-state index in [4.69, 9.17) is 4.74 Å². The van der Waals surface area contributed by atoms with Crippen molar-refractivity contribution in [2.24, 2.45) is 0 Å². The molecule has 0 radical (unpaired) electrons. The molecule has 0 aromatic heterocycles. The molecule has 21 heavy (non-hydrogen) atoms. The second-order valence-electron chi connectivity index (χ2n) is 5.43. The van der Waals surface area contributed by atoms with E-state index in [1.54, 1.807) is 13.2 Å². The van der Waals surface area contributed by atoms with Gasteiger partial charge < -0.3 is 9.84 Å².